The molecule has 1 atom stereocenters. The number of piperazine rings is 1. The van der Waals surface area contributed by atoms with Crippen LogP contribution in [0.4, 0.5) is 14.9 Å². The van der Waals surface area contributed by atoms with Gasteiger partial charge in [0.25, 0.3) is 0 Å². The average Bonchev–Trinajstić information content (AvgIpc) is 2.72. The Morgan fingerprint density at radius 1 is 1.10 bits per heavy atom. The quantitative estimate of drug-likeness (QED) is 0.549. The highest BCUT2D eigenvalue weighted by atomic mass is 19.1. The Morgan fingerprint density at radius 2 is 1.81 bits per heavy atom. The molecule has 0 bridgehead atoms. The molecule has 1 saturated heterocycles. The number of rotatable bonds is 2. The summed E-state index contributed by atoms with van der Waals surface area (Å²) in [6.07, 6.45) is -0.283. The normalized spacial score (nSPS) is 17.1. The van der Waals surface area contributed by atoms with Crippen LogP contribution in [0.3, 0.4) is 0 Å². The number of para-hydroxylation sites is 1. The second-order valence-electron chi connectivity index (χ2n) is 9.02. The van der Waals surface area contributed by atoms with Crippen molar-refractivity contribution in [2.45, 2.75) is 39.3 Å². The van der Waals surface area contributed by atoms with Crippen LogP contribution >= 0.6 is 0 Å². The average molecular weight is 422 g/mol. The zero-order valence-corrected chi connectivity index (χ0v) is 18.4. The van der Waals surface area contributed by atoms with E-state index in [0.29, 0.717) is 19.6 Å². The third-order valence-electron chi connectivity index (χ3n) is 5.41. The van der Waals surface area contributed by atoms with Crippen LogP contribution in [0.5, 0.6) is 0 Å². The van der Waals surface area contributed by atoms with E-state index in [0.717, 1.165) is 27.8 Å². The number of aromatic nitrogens is 1. The van der Waals surface area contributed by atoms with Crippen molar-refractivity contribution in [3.8, 4) is 11.3 Å². The van der Waals surface area contributed by atoms with Gasteiger partial charge in [-0.2, -0.15) is 0 Å². The molecule has 0 aliphatic carbocycles. The van der Waals surface area contributed by atoms with Crippen molar-refractivity contribution >= 4 is 22.7 Å². The molecule has 1 aliphatic heterocycles. The van der Waals surface area contributed by atoms with Gasteiger partial charge in [-0.1, -0.05) is 18.2 Å². The number of amides is 1. The van der Waals surface area contributed by atoms with Gasteiger partial charge in [0.05, 0.1) is 16.9 Å². The van der Waals surface area contributed by atoms with Crippen molar-refractivity contribution in [3.05, 3.63) is 60.4 Å². The molecule has 0 N–H and O–H groups in total. The topological polar surface area (TPSA) is 45.7 Å². The number of ether oxygens (including phenoxy) is 1. The number of benzene rings is 2. The SMILES string of the molecule is C[C@H]1CN(C(=O)OC(C)(C)C)CCN1c1cc2ccccc2nc1-c1ccc(F)cc1. The fourth-order valence-electron chi connectivity index (χ4n) is 3.95. The van der Waals surface area contributed by atoms with Crippen LogP contribution in [0.25, 0.3) is 22.2 Å². The Balaban J connectivity index is 1.68. The van der Waals surface area contributed by atoms with Gasteiger partial charge in [-0.25, -0.2) is 14.2 Å². The summed E-state index contributed by atoms with van der Waals surface area (Å²) in [5, 5.41) is 1.05. The molecule has 0 saturated carbocycles. The third-order valence-corrected chi connectivity index (χ3v) is 5.41. The first-order chi connectivity index (χ1) is 14.7. The van der Waals surface area contributed by atoms with E-state index in [1.54, 1.807) is 17.0 Å². The molecule has 162 valence electrons. The van der Waals surface area contributed by atoms with Crippen LogP contribution in [0, 0.1) is 5.82 Å². The summed E-state index contributed by atoms with van der Waals surface area (Å²) in [6, 6.07) is 16.6. The van der Waals surface area contributed by atoms with Gasteiger partial charge in [0.15, 0.2) is 0 Å². The van der Waals surface area contributed by atoms with Crippen molar-refractivity contribution in [2.24, 2.45) is 0 Å². The number of hydrogen-bond donors (Lipinski definition) is 0. The fourth-order valence-corrected chi connectivity index (χ4v) is 3.95. The molecular formula is C25H28FN3O2. The van der Waals surface area contributed by atoms with Crippen molar-refractivity contribution in [3.63, 3.8) is 0 Å². The maximum atomic E-state index is 13.5. The first-order valence-electron chi connectivity index (χ1n) is 10.6. The van der Waals surface area contributed by atoms with Crippen LogP contribution in [-0.2, 0) is 4.74 Å². The lowest BCUT2D eigenvalue weighted by atomic mass is 10.0. The second kappa shape index (κ2) is 8.17. The maximum absolute atomic E-state index is 13.5. The molecule has 1 aliphatic rings. The maximum Gasteiger partial charge on any atom is 0.410 e. The van der Waals surface area contributed by atoms with Gasteiger partial charge in [-0.15, -0.1) is 0 Å². The number of carbonyl (C=O) groups is 1. The number of anilines is 1. The fraction of sp³-hybridized carbons (Fsp3) is 0.360. The molecule has 0 unspecified atom stereocenters. The van der Waals surface area contributed by atoms with Gasteiger partial charge in [0, 0.05) is 36.6 Å². The standard InChI is InChI=1S/C25H28FN3O2/c1-17-16-28(24(30)31-25(2,3)4)13-14-29(17)22-15-19-7-5-6-8-21(19)27-23(22)18-9-11-20(26)12-10-18/h5-12,15,17H,13-14,16H2,1-4H3/t17-/m0/s1. The zero-order valence-electron chi connectivity index (χ0n) is 18.4. The smallest absolute Gasteiger partial charge is 0.410 e. The monoisotopic (exact) mass is 421 g/mol. The van der Waals surface area contributed by atoms with E-state index in [2.05, 4.69) is 17.9 Å². The molecule has 2 heterocycles. The highest BCUT2D eigenvalue weighted by molar-refractivity contribution is 5.89. The minimum Gasteiger partial charge on any atom is -0.444 e. The summed E-state index contributed by atoms with van der Waals surface area (Å²) in [5.41, 5.74) is 3.04. The van der Waals surface area contributed by atoms with Gasteiger partial charge >= 0.3 is 6.09 Å². The van der Waals surface area contributed by atoms with Crippen LogP contribution < -0.4 is 4.90 Å². The Kier molecular flexibility index (Phi) is 5.56. The Hall–Kier alpha value is -3.15. The van der Waals surface area contributed by atoms with Gasteiger partial charge in [0.1, 0.15) is 11.4 Å². The highest BCUT2D eigenvalue weighted by Crippen LogP contribution is 2.34. The third kappa shape index (κ3) is 4.63. The molecule has 1 amide bonds. The number of hydrogen-bond acceptors (Lipinski definition) is 4. The van der Waals surface area contributed by atoms with Crippen molar-refractivity contribution < 1.29 is 13.9 Å². The zero-order chi connectivity index (χ0) is 22.2. The molecule has 4 rings (SSSR count). The van der Waals surface area contributed by atoms with Crippen LogP contribution in [0.1, 0.15) is 27.7 Å². The first kappa shape index (κ1) is 21.1. The summed E-state index contributed by atoms with van der Waals surface area (Å²) in [7, 11) is 0. The van der Waals surface area contributed by atoms with Gasteiger partial charge in [-0.3, -0.25) is 0 Å². The summed E-state index contributed by atoms with van der Waals surface area (Å²) in [4.78, 5) is 21.5. The second-order valence-corrected chi connectivity index (χ2v) is 9.02. The number of pyridine rings is 1. The van der Waals surface area contributed by atoms with E-state index in [4.69, 9.17) is 9.72 Å². The van der Waals surface area contributed by atoms with E-state index in [9.17, 15) is 9.18 Å². The van der Waals surface area contributed by atoms with E-state index in [1.807, 2.05) is 45.0 Å². The van der Waals surface area contributed by atoms with Gasteiger partial charge in [-0.05, 0) is 64.1 Å². The van der Waals surface area contributed by atoms with E-state index >= 15 is 0 Å². The molecule has 0 spiro atoms. The number of halogens is 1. The van der Waals surface area contributed by atoms with E-state index < -0.39 is 5.60 Å². The molecule has 3 aromatic rings. The predicted octanol–water partition coefficient (Wildman–Crippen LogP) is 5.49. The number of carbonyl (C=O) groups excluding carboxylic acids is 1. The Labute approximate surface area is 182 Å². The molecule has 2 aromatic carbocycles. The van der Waals surface area contributed by atoms with E-state index in [1.165, 1.54) is 12.1 Å². The first-order valence-corrected chi connectivity index (χ1v) is 10.6. The largest absolute Gasteiger partial charge is 0.444 e. The molecule has 6 heteroatoms. The predicted molar refractivity (Wildman–Crippen MR) is 122 cm³/mol. The van der Waals surface area contributed by atoms with Crippen molar-refractivity contribution in [1.82, 2.24) is 9.88 Å². The Morgan fingerprint density at radius 3 is 2.48 bits per heavy atom. The molecule has 1 aromatic heterocycles. The minimum absolute atomic E-state index is 0.0726. The highest BCUT2D eigenvalue weighted by Gasteiger charge is 2.31. The number of nitrogens with zero attached hydrogens (tertiary/aromatic N) is 3. The Bertz CT molecular complexity index is 1090. The molecular weight excluding hydrogens is 393 g/mol. The number of fused-ring (bicyclic) bond motifs is 1. The molecule has 1 fully saturated rings. The van der Waals surface area contributed by atoms with Gasteiger partial charge < -0.3 is 14.5 Å². The summed E-state index contributed by atoms with van der Waals surface area (Å²) < 4.78 is 19.1. The van der Waals surface area contributed by atoms with Crippen LogP contribution in [0.15, 0.2) is 54.6 Å². The molecule has 31 heavy (non-hydrogen) atoms. The van der Waals surface area contributed by atoms with Crippen LogP contribution in [0.2, 0.25) is 0 Å². The van der Waals surface area contributed by atoms with E-state index in [-0.39, 0.29) is 18.0 Å². The lowest BCUT2D eigenvalue weighted by Gasteiger charge is -2.42. The molecule has 5 nitrogen and oxygen atoms in total. The van der Waals surface area contributed by atoms with Gasteiger partial charge in [0.2, 0.25) is 0 Å². The summed E-state index contributed by atoms with van der Waals surface area (Å²) >= 11 is 0. The van der Waals surface area contributed by atoms with Crippen LogP contribution in [-0.4, -0.2) is 47.3 Å². The lowest BCUT2D eigenvalue weighted by Crippen LogP contribution is -2.54. The van der Waals surface area contributed by atoms with Crippen molar-refractivity contribution in [1.29, 1.82) is 0 Å². The summed E-state index contributed by atoms with van der Waals surface area (Å²) in [6.45, 7) is 9.51. The lowest BCUT2D eigenvalue weighted by molar-refractivity contribution is 0.0219. The molecule has 0 radical (unpaired) electrons. The minimum atomic E-state index is -0.518. The van der Waals surface area contributed by atoms with Crippen molar-refractivity contribution in [2.75, 3.05) is 24.5 Å². The summed E-state index contributed by atoms with van der Waals surface area (Å²) in [5.74, 6) is -0.273.